The van der Waals surface area contributed by atoms with Gasteiger partial charge in [-0.3, -0.25) is 4.98 Å². The predicted octanol–water partition coefficient (Wildman–Crippen LogP) is 2.09. The molecule has 4 nitrogen and oxygen atoms in total. The fourth-order valence-corrected chi connectivity index (χ4v) is 2.37. The van der Waals surface area contributed by atoms with E-state index in [1.807, 2.05) is 18.2 Å². The Labute approximate surface area is 122 Å². The zero-order chi connectivity index (χ0) is 14.2. The van der Waals surface area contributed by atoms with E-state index in [9.17, 15) is 0 Å². The normalized spacial score (nSPS) is 9.70. The van der Waals surface area contributed by atoms with Crippen molar-refractivity contribution in [1.82, 2.24) is 9.97 Å². The molecule has 0 aliphatic rings. The van der Waals surface area contributed by atoms with E-state index < -0.39 is 0 Å². The molecule has 0 saturated heterocycles. The lowest BCUT2D eigenvalue weighted by atomic mass is 10.1. The van der Waals surface area contributed by atoms with Gasteiger partial charge in [0.25, 0.3) is 0 Å². The van der Waals surface area contributed by atoms with Gasteiger partial charge in [-0.05, 0) is 17.7 Å². The van der Waals surface area contributed by atoms with E-state index in [-0.39, 0.29) is 0 Å². The van der Waals surface area contributed by atoms with Crippen LogP contribution in [0.1, 0.15) is 11.1 Å². The van der Waals surface area contributed by atoms with Gasteiger partial charge in [0.2, 0.25) is 0 Å². The number of nitrogens with zero attached hydrogens (tertiary/aromatic N) is 2. The number of nitrogens with two attached hydrogens (primary N) is 1. The van der Waals surface area contributed by atoms with E-state index in [0.717, 1.165) is 27.7 Å². The van der Waals surface area contributed by atoms with Crippen LogP contribution in [0.4, 0.5) is 0 Å². The van der Waals surface area contributed by atoms with Gasteiger partial charge in [-0.2, -0.15) is 0 Å². The van der Waals surface area contributed by atoms with E-state index in [2.05, 4.69) is 21.8 Å². The Morgan fingerprint density at radius 1 is 1.35 bits per heavy atom. The second kappa shape index (κ2) is 7.53. The van der Waals surface area contributed by atoms with Gasteiger partial charge in [0.05, 0.1) is 25.4 Å². The number of aromatic nitrogens is 2. The number of benzene rings is 1. The number of hydrogen-bond acceptors (Lipinski definition) is 5. The highest BCUT2D eigenvalue weighted by Crippen LogP contribution is 2.24. The zero-order valence-corrected chi connectivity index (χ0v) is 12.0. The fraction of sp³-hybridized carbons (Fsp3) is 0.200. The molecule has 0 saturated carbocycles. The van der Waals surface area contributed by atoms with Crippen molar-refractivity contribution in [1.29, 1.82) is 0 Å². The van der Waals surface area contributed by atoms with Crippen LogP contribution in [0.25, 0.3) is 0 Å². The SMILES string of the molecule is COc1ccc(CSc2cnccn2)cc1C#CCN. The third-order valence-corrected chi connectivity index (χ3v) is 3.50. The highest BCUT2D eigenvalue weighted by atomic mass is 32.2. The van der Waals surface area contributed by atoms with Crippen molar-refractivity contribution in [3.05, 3.63) is 47.9 Å². The van der Waals surface area contributed by atoms with E-state index in [1.54, 1.807) is 37.5 Å². The molecule has 0 bridgehead atoms. The summed E-state index contributed by atoms with van der Waals surface area (Å²) in [5, 5.41) is 0.901. The molecule has 0 aliphatic heterocycles. The predicted molar refractivity (Wildman–Crippen MR) is 80.5 cm³/mol. The summed E-state index contributed by atoms with van der Waals surface area (Å²) in [5.74, 6) is 7.44. The molecule has 0 spiro atoms. The maximum Gasteiger partial charge on any atom is 0.134 e. The van der Waals surface area contributed by atoms with Crippen LogP contribution < -0.4 is 10.5 Å². The number of ether oxygens (including phenoxy) is 1. The van der Waals surface area contributed by atoms with Crippen molar-refractivity contribution >= 4 is 11.8 Å². The Morgan fingerprint density at radius 2 is 2.25 bits per heavy atom. The summed E-state index contributed by atoms with van der Waals surface area (Å²) in [7, 11) is 1.64. The molecule has 0 amide bonds. The van der Waals surface area contributed by atoms with E-state index >= 15 is 0 Å². The second-order valence-electron chi connectivity index (χ2n) is 3.87. The van der Waals surface area contributed by atoms with Gasteiger partial charge in [0.15, 0.2) is 0 Å². The van der Waals surface area contributed by atoms with Crippen molar-refractivity contribution in [2.75, 3.05) is 13.7 Å². The second-order valence-corrected chi connectivity index (χ2v) is 4.87. The molecule has 20 heavy (non-hydrogen) atoms. The number of rotatable bonds is 4. The summed E-state index contributed by atoms with van der Waals surface area (Å²) in [5.41, 5.74) is 7.42. The monoisotopic (exact) mass is 285 g/mol. The molecule has 2 N–H and O–H groups in total. The fourth-order valence-electron chi connectivity index (χ4n) is 1.61. The molecule has 0 atom stereocenters. The van der Waals surface area contributed by atoms with Crippen molar-refractivity contribution < 1.29 is 4.74 Å². The smallest absolute Gasteiger partial charge is 0.134 e. The van der Waals surface area contributed by atoms with Gasteiger partial charge in [0.1, 0.15) is 10.8 Å². The molecule has 2 aromatic rings. The topological polar surface area (TPSA) is 61.0 Å². The molecule has 2 rings (SSSR count). The van der Waals surface area contributed by atoms with Crippen molar-refractivity contribution in [3.63, 3.8) is 0 Å². The van der Waals surface area contributed by atoms with Gasteiger partial charge in [-0.1, -0.05) is 17.9 Å². The standard InChI is InChI=1S/C15H15N3OS/c1-19-14-5-4-12(9-13(14)3-2-6-16)11-20-15-10-17-7-8-18-15/h4-5,7-10H,6,11,16H2,1H3. The van der Waals surface area contributed by atoms with Crippen molar-refractivity contribution in [2.24, 2.45) is 5.73 Å². The lowest BCUT2D eigenvalue weighted by molar-refractivity contribution is 0.413. The highest BCUT2D eigenvalue weighted by molar-refractivity contribution is 7.98. The van der Waals surface area contributed by atoms with Gasteiger partial charge in [-0.15, -0.1) is 11.8 Å². The summed E-state index contributed by atoms with van der Waals surface area (Å²) in [6, 6.07) is 5.97. The molecule has 1 heterocycles. The summed E-state index contributed by atoms with van der Waals surface area (Å²) < 4.78 is 5.29. The number of hydrogen-bond donors (Lipinski definition) is 1. The minimum Gasteiger partial charge on any atom is -0.495 e. The minimum absolute atomic E-state index is 0.335. The number of thioether (sulfide) groups is 1. The van der Waals surface area contributed by atoms with Gasteiger partial charge in [-0.25, -0.2) is 4.98 Å². The first-order valence-electron chi connectivity index (χ1n) is 6.08. The van der Waals surface area contributed by atoms with Crippen LogP contribution >= 0.6 is 11.8 Å². The summed E-state index contributed by atoms with van der Waals surface area (Å²) in [4.78, 5) is 8.27. The average molecular weight is 285 g/mol. The molecule has 0 unspecified atom stereocenters. The lowest BCUT2D eigenvalue weighted by Crippen LogP contribution is -1.95. The number of methoxy groups -OCH3 is 1. The van der Waals surface area contributed by atoms with E-state index in [0.29, 0.717) is 6.54 Å². The molecule has 5 heteroatoms. The maximum atomic E-state index is 5.41. The molecular formula is C15H15N3OS. The summed E-state index contributed by atoms with van der Waals surface area (Å²) >= 11 is 1.63. The van der Waals surface area contributed by atoms with Crippen LogP contribution in [-0.4, -0.2) is 23.6 Å². The molecule has 0 aliphatic carbocycles. The Morgan fingerprint density at radius 3 is 2.95 bits per heavy atom. The average Bonchev–Trinajstić information content (AvgIpc) is 2.52. The Balaban J connectivity index is 2.12. The Bertz CT molecular complexity index is 620. The Kier molecular flexibility index (Phi) is 5.42. The van der Waals surface area contributed by atoms with Crippen molar-refractivity contribution in [3.8, 4) is 17.6 Å². The molecule has 0 radical (unpaired) electrons. The molecule has 1 aromatic heterocycles. The van der Waals surface area contributed by atoms with E-state index in [4.69, 9.17) is 10.5 Å². The summed E-state index contributed by atoms with van der Waals surface area (Å²) in [6.45, 7) is 0.335. The lowest BCUT2D eigenvalue weighted by Gasteiger charge is -2.06. The Hall–Kier alpha value is -2.03. The van der Waals surface area contributed by atoms with Crippen LogP contribution in [0, 0.1) is 11.8 Å². The largest absolute Gasteiger partial charge is 0.495 e. The van der Waals surface area contributed by atoms with Crippen LogP contribution in [0.3, 0.4) is 0 Å². The minimum atomic E-state index is 0.335. The molecule has 1 aromatic carbocycles. The third-order valence-electron chi connectivity index (χ3n) is 2.52. The van der Waals surface area contributed by atoms with Gasteiger partial charge in [0, 0.05) is 18.1 Å². The van der Waals surface area contributed by atoms with E-state index in [1.165, 1.54) is 0 Å². The molecule has 0 fully saturated rings. The quantitative estimate of drug-likeness (QED) is 0.688. The van der Waals surface area contributed by atoms with Gasteiger partial charge < -0.3 is 10.5 Å². The van der Waals surface area contributed by atoms with Gasteiger partial charge >= 0.3 is 0 Å². The van der Waals surface area contributed by atoms with Crippen molar-refractivity contribution in [2.45, 2.75) is 10.8 Å². The third kappa shape index (κ3) is 3.98. The molecular weight excluding hydrogens is 270 g/mol. The molecule has 102 valence electrons. The highest BCUT2D eigenvalue weighted by Gasteiger charge is 2.03. The first-order chi connectivity index (χ1) is 9.83. The van der Waals surface area contributed by atoms with Crippen LogP contribution in [0.15, 0.2) is 41.8 Å². The zero-order valence-electron chi connectivity index (χ0n) is 11.2. The maximum absolute atomic E-state index is 5.41. The first-order valence-corrected chi connectivity index (χ1v) is 7.06. The first kappa shape index (κ1) is 14.4. The van der Waals surface area contributed by atoms with Crippen LogP contribution in [0.5, 0.6) is 5.75 Å². The van der Waals surface area contributed by atoms with Crippen LogP contribution in [0.2, 0.25) is 0 Å². The van der Waals surface area contributed by atoms with Crippen LogP contribution in [-0.2, 0) is 5.75 Å². The summed E-state index contributed by atoms with van der Waals surface area (Å²) in [6.07, 6.45) is 5.11.